The molecule has 0 amide bonds. The van der Waals surface area contributed by atoms with Gasteiger partial charge in [0, 0.05) is 113 Å². The van der Waals surface area contributed by atoms with Crippen LogP contribution < -0.4 is 10.6 Å². The predicted molar refractivity (Wildman–Crippen MR) is 387 cm³/mol. The van der Waals surface area contributed by atoms with E-state index in [2.05, 4.69) is 92.3 Å². The van der Waals surface area contributed by atoms with E-state index in [0.717, 1.165) is 22.3 Å². The fraction of sp³-hybridized carbons (Fsp3) is 0.286. The summed E-state index contributed by atoms with van der Waals surface area (Å²) in [5, 5.41) is 73.2. The Morgan fingerprint density at radius 3 is 0.956 bits per heavy atom. The fourth-order valence-electron chi connectivity index (χ4n) is 5.01. The molecule has 34 heteroatoms. The Kier molecular flexibility index (Phi) is 54.2. The third-order valence-electron chi connectivity index (χ3n) is 9.72. The zero-order chi connectivity index (χ0) is 64.4. The molecule has 0 aliphatic rings. The second-order valence-corrected chi connectivity index (χ2v) is 20.5. The van der Waals surface area contributed by atoms with E-state index in [1.54, 1.807) is 47.8 Å². The zero-order valence-electron chi connectivity index (χ0n) is 51.5. The van der Waals surface area contributed by atoms with Crippen LogP contribution in [0.15, 0.2) is 203 Å². The Labute approximate surface area is 617 Å². The van der Waals surface area contributed by atoms with E-state index in [0.29, 0.717) is 88.2 Å². The summed E-state index contributed by atoms with van der Waals surface area (Å²) < 4.78 is 0. The number of benzene rings is 4. The summed E-state index contributed by atoms with van der Waals surface area (Å²) in [6.45, 7) is 7.48. The van der Waals surface area contributed by atoms with Gasteiger partial charge in [-0.05, 0) is 37.0 Å². The average Bonchev–Trinajstić information content (AvgIpc) is 3.73. The number of hydrogen-bond acceptors (Lipinski definition) is 24. The SMILES string of the molecule is CC(=NN=C([S-])N(C)C)C(=NN=C([S-])N(C)C)c1ccccc1.CCC([S-])=NN=C(C)C(=NN=C([S-])NC)c1ccccc1.CCC([S-])=NN=CC(=NN=C([S-])NC)c1ccccc1.CN(C)C([S-])=NN=CC(=NN=C([S-])N(C)C)c1ccccc1.[Cu+2].[Cu+2].[Cu+2].[Cu+2]. The monoisotopic (exact) mass is 1560 g/mol. The van der Waals surface area contributed by atoms with Gasteiger partial charge in [-0.3, -0.25) is 0 Å². The molecule has 0 heterocycles. The van der Waals surface area contributed by atoms with Crippen molar-refractivity contribution in [2.75, 3.05) is 70.5 Å². The number of hydrogen-bond donors (Lipinski definition) is 2. The molecule has 0 aliphatic heterocycles. The van der Waals surface area contributed by atoms with E-state index in [9.17, 15) is 0 Å². The van der Waals surface area contributed by atoms with E-state index in [-0.39, 0.29) is 68.3 Å². The smallest absolute Gasteiger partial charge is 0.763 e. The fourth-order valence-corrected chi connectivity index (χ4v) is 5.35. The van der Waals surface area contributed by atoms with Gasteiger partial charge in [-0.15, -0.1) is 20.4 Å². The Balaban J connectivity index is -0.000000540. The van der Waals surface area contributed by atoms with E-state index in [1.165, 1.54) is 12.4 Å². The van der Waals surface area contributed by atoms with Gasteiger partial charge in [0.2, 0.25) is 0 Å². The minimum Gasteiger partial charge on any atom is -0.763 e. The Morgan fingerprint density at radius 2 is 0.611 bits per heavy atom. The molecule has 0 saturated carbocycles. The van der Waals surface area contributed by atoms with Gasteiger partial charge in [0.1, 0.15) is 22.8 Å². The first-order chi connectivity index (χ1) is 41.0. The zero-order valence-corrected chi connectivity index (χ0v) is 61.8. The van der Waals surface area contributed by atoms with Crippen LogP contribution in [-0.2, 0) is 169 Å². The van der Waals surface area contributed by atoms with Crippen LogP contribution in [0.25, 0.3) is 0 Å². The molecule has 496 valence electrons. The maximum atomic E-state index is 5.13. The first-order valence-corrected chi connectivity index (χ1v) is 29.0. The Hall–Kier alpha value is -5.76. The first-order valence-electron chi connectivity index (χ1n) is 25.7. The van der Waals surface area contributed by atoms with Gasteiger partial charge in [0.15, 0.2) is 0 Å². The Bertz CT molecular complexity index is 3210. The molecule has 90 heavy (non-hydrogen) atoms. The minimum atomic E-state index is 0. The molecule has 0 atom stereocenters. The van der Waals surface area contributed by atoms with Crippen LogP contribution >= 0.6 is 0 Å². The summed E-state index contributed by atoms with van der Waals surface area (Å²) >= 11 is 40.3. The topological polar surface area (TPSA) is 235 Å². The second-order valence-electron chi connectivity index (χ2n) is 17.3. The van der Waals surface area contributed by atoms with Gasteiger partial charge >= 0.3 is 68.3 Å². The molecule has 0 spiro atoms. The molecule has 4 aromatic carbocycles. The molecule has 0 fully saturated rings. The molecule has 0 unspecified atom stereocenters. The van der Waals surface area contributed by atoms with Crippen LogP contribution in [0, 0.1) is 0 Å². The normalized spacial score (nSPS) is 13.3. The quantitative estimate of drug-likeness (QED) is 0.0333. The van der Waals surface area contributed by atoms with Gasteiger partial charge in [0.05, 0.1) is 23.9 Å². The van der Waals surface area contributed by atoms with E-state index in [4.69, 9.17) is 101 Å². The average molecular weight is 1560 g/mol. The summed E-state index contributed by atoms with van der Waals surface area (Å²) in [5.41, 5.74) is 7.05. The summed E-state index contributed by atoms with van der Waals surface area (Å²) in [4.78, 5) is 6.80. The minimum absolute atomic E-state index is 0. The van der Waals surface area contributed by atoms with E-state index < -0.39 is 0 Å². The van der Waals surface area contributed by atoms with Crippen molar-refractivity contribution in [1.82, 2.24) is 30.2 Å². The van der Waals surface area contributed by atoms with Crippen molar-refractivity contribution in [2.45, 2.75) is 40.5 Å². The molecule has 0 aliphatic carbocycles. The van der Waals surface area contributed by atoms with Crippen LogP contribution in [0.3, 0.4) is 0 Å². The second kappa shape index (κ2) is 53.9. The molecule has 4 radical (unpaired) electrons. The first kappa shape index (κ1) is 90.7. The van der Waals surface area contributed by atoms with Gasteiger partial charge in [-0.1, -0.05) is 145 Å². The third kappa shape index (κ3) is 40.2. The largest absolute Gasteiger partial charge is 2.00 e. The van der Waals surface area contributed by atoms with Crippen LogP contribution in [0.4, 0.5) is 0 Å². The molecule has 4 rings (SSSR count). The van der Waals surface area contributed by atoms with Crippen LogP contribution in [0.5, 0.6) is 0 Å². The molecular weight excluding hydrogens is 1490 g/mol. The molecule has 0 saturated heterocycles. The van der Waals surface area contributed by atoms with Crippen molar-refractivity contribution < 1.29 is 68.3 Å². The van der Waals surface area contributed by atoms with Gasteiger partial charge < -0.3 is 131 Å². The maximum Gasteiger partial charge on any atom is 2.00 e. The van der Waals surface area contributed by atoms with Crippen molar-refractivity contribution in [1.29, 1.82) is 0 Å². The molecule has 0 aromatic heterocycles. The van der Waals surface area contributed by atoms with Crippen molar-refractivity contribution in [3.05, 3.63) is 144 Å². The van der Waals surface area contributed by atoms with Gasteiger partial charge in [0.25, 0.3) is 0 Å². The molecular formula is C56H70Cu4N22S8. The van der Waals surface area contributed by atoms with Crippen molar-refractivity contribution in [3.8, 4) is 0 Å². The molecule has 22 nitrogen and oxygen atoms in total. The van der Waals surface area contributed by atoms with E-state index >= 15 is 0 Å². The van der Waals surface area contributed by atoms with Crippen LogP contribution in [-0.4, -0.2) is 178 Å². The maximum absolute atomic E-state index is 5.13. The summed E-state index contributed by atoms with van der Waals surface area (Å²) in [5.74, 6) is 0. The summed E-state index contributed by atoms with van der Waals surface area (Å²) in [6, 6.07) is 38.3. The van der Waals surface area contributed by atoms with Gasteiger partial charge in [-0.25, -0.2) is 0 Å². The standard InChI is InChI=1S/C15H22N6S2.C14H20N6S2.C14H19N5S2.C13H17N5S2.4Cu/c1-11(16-18-14(22)20(2)3)13(12-9-7-6-8-10-12)17-19-15(23)21(4)5;1-19(2)13(21)17-15-10-12(11-8-6-5-7-9-11)16-18-14(22)20(3)4;1-4-12(20)17-16-10(2)13(18-19-14(21)15-3)11-8-6-5-7-9-11;1-3-12(19)17-15-9-11(16-18-13(20)14-2)10-7-5-4-6-8-10;;;;/h6-10H,1-5H3,(H,18,22)(H,19,23);5-10H,1-4H3,(H,17,21)(H,18,22);5-9H,4H2,1-3H3,(H,17,20)(H2,15,19,21);4-9H,3H2,1-2H3,(H,17,19)(H2,14,18,20);;;;/q;;;;4*+2/p-8. The van der Waals surface area contributed by atoms with Crippen molar-refractivity contribution in [2.24, 2.45) is 81.6 Å². The van der Waals surface area contributed by atoms with Crippen LogP contribution in [0.1, 0.15) is 62.8 Å². The predicted octanol–water partition coefficient (Wildman–Crippen LogP) is 7.09. The molecule has 0 bridgehead atoms. The van der Waals surface area contributed by atoms with E-state index in [1.807, 2.05) is 191 Å². The van der Waals surface area contributed by atoms with Crippen molar-refractivity contribution in [3.63, 3.8) is 0 Å². The summed E-state index contributed by atoms with van der Waals surface area (Å²) in [7, 11) is 17.9. The number of nitrogens with one attached hydrogen (secondary N) is 2. The number of nitrogens with zero attached hydrogens (tertiary/aromatic N) is 20. The third-order valence-corrected chi connectivity index (χ3v) is 12.8. The summed E-state index contributed by atoms with van der Waals surface area (Å²) in [6.07, 6.45) is 4.38. The Morgan fingerprint density at radius 1 is 0.344 bits per heavy atom. The number of rotatable bonds is 18. The van der Waals surface area contributed by atoms with Crippen molar-refractivity contribution >= 4 is 189 Å². The number of amidine groups is 6. The molecule has 2 N–H and O–H groups in total. The molecule has 4 aromatic rings. The van der Waals surface area contributed by atoms with Crippen LogP contribution in [0.2, 0.25) is 0 Å². The van der Waals surface area contributed by atoms with Gasteiger partial charge in [-0.2, -0.15) is 61.2 Å².